The van der Waals surface area contributed by atoms with Crippen LogP contribution < -0.4 is 9.86 Å². The van der Waals surface area contributed by atoms with Gasteiger partial charge in [-0.2, -0.15) is 0 Å². The Morgan fingerprint density at radius 1 is 0.535 bits per heavy atom. The minimum atomic E-state index is -4.01. The summed E-state index contributed by atoms with van der Waals surface area (Å²) in [6.45, 7) is 6.72. The van der Waals surface area contributed by atoms with Gasteiger partial charge in [0.2, 0.25) is 10.0 Å². The number of aromatic nitrogens is 2. The lowest BCUT2D eigenvalue weighted by molar-refractivity contribution is 0.0700. The van der Waals surface area contributed by atoms with Gasteiger partial charge in [0.15, 0.2) is 0 Å². The summed E-state index contributed by atoms with van der Waals surface area (Å²) in [6.07, 6.45) is 1.94. The molecule has 8 rings (SSSR count). The summed E-state index contributed by atoms with van der Waals surface area (Å²) in [5.74, 6) is -1.58. The Morgan fingerprint density at radius 2 is 0.901 bits per heavy atom. The Hall–Kier alpha value is -6.70. The molecule has 0 spiro atoms. The van der Waals surface area contributed by atoms with E-state index in [0.717, 1.165) is 59.7 Å². The lowest BCUT2D eigenvalue weighted by atomic mass is 10.1. The lowest BCUT2D eigenvalue weighted by Gasteiger charge is -2.17. The first-order chi connectivity index (χ1) is 33.9. The van der Waals surface area contributed by atoms with Crippen molar-refractivity contribution in [3.8, 4) is 21.1 Å². The molecule has 8 aromatic rings. The van der Waals surface area contributed by atoms with Crippen LogP contribution in [-0.2, 0) is 46.0 Å². The van der Waals surface area contributed by atoms with Gasteiger partial charge in [-0.3, -0.25) is 4.79 Å². The summed E-state index contributed by atoms with van der Waals surface area (Å²) >= 11 is 2.39. The second-order valence-electron chi connectivity index (χ2n) is 16.6. The largest absolute Gasteiger partial charge is 0.477 e. The van der Waals surface area contributed by atoms with Gasteiger partial charge in [0.05, 0.1) is 21.2 Å². The van der Waals surface area contributed by atoms with E-state index < -0.39 is 31.9 Å². The standard InChI is InChI=1S/C27H27N3O3S2.C16H20N2O2S.C11H9NO2S/c1-20-25(34-27(28-20)23-11-7-4-8-12-23)26(31)29-35(32,33)24-15-13-22(14-16-24)19-30(2)18-17-21-9-5-3-6-10-21;1-18(12-11-14-5-3-2-4-6-14)13-15-7-9-16(10-8-15)21(17,19)20;1-7-9(11(13)14)15-10(12-7)8-5-3-2-4-6-8/h3-16H,17-19H2,1-2H3,(H,29,31);2-10H,11-13H2,1H3,(H2,17,19,20);2-6H,1H3,(H,13,14). The van der Waals surface area contributed by atoms with Crippen molar-refractivity contribution in [2.75, 3.05) is 27.2 Å². The fourth-order valence-electron chi connectivity index (χ4n) is 7.11. The third-order valence-corrected chi connectivity index (χ3v) is 15.6. The molecule has 2 heterocycles. The number of sulfonamides is 2. The van der Waals surface area contributed by atoms with Gasteiger partial charge in [0.25, 0.3) is 15.9 Å². The van der Waals surface area contributed by atoms with Gasteiger partial charge < -0.3 is 14.9 Å². The topological polar surface area (TPSA) is 193 Å². The number of carbonyl (C=O) groups excluding carboxylic acids is 1. The van der Waals surface area contributed by atoms with E-state index in [-0.39, 0.29) is 14.7 Å². The molecule has 1 amide bonds. The normalized spacial score (nSPS) is 11.3. The molecule has 0 saturated carbocycles. The van der Waals surface area contributed by atoms with Gasteiger partial charge in [-0.05, 0) is 87.3 Å². The number of carboxylic acid groups (broad SMARTS) is 1. The van der Waals surface area contributed by atoms with Crippen LogP contribution in [0.1, 0.15) is 53.0 Å². The molecule has 0 unspecified atom stereocenters. The highest BCUT2D eigenvalue weighted by Gasteiger charge is 2.23. The zero-order chi connectivity index (χ0) is 51.0. The molecule has 0 aliphatic rings. The number of benzene rings is 6. The van der Waals surface area contributed by atoms with Gasteiger partial charge in [-0.15, -0.1) is 22.7 Å². The molecule has 0 saturated heterocycles. The molecule has 368 valence electrons. The zero-order valence-corrected chi connectivity index (χ0v) is 43.1. The van der Waals surface area contributed by atoms with Crippen LogP contribution >= 0.6 is 22.7 Å². The average Bonchev–Trinajstić information content (AvgIpc) is 3.97. The van der Waals surface area contributed by atoms with E-state index in [9.17, 15) is 26.4 Å². The number of likely N-dealkylation sites (N-methyl/N-ethyl adjacent to an activating group) is 2. The molecular weight excluding hydrogens is 973 g/mol. The van der Waals surface area contributed by atoms with Crippen molar-refractivity contribution in [1.82, 2.24) is 24.5 Å². The number of hydrogen-bond donors (Lipinski definition) is 3. The van der Waals surface area contributed by atoms with Crippen molar-refractivity contribution < 1.29 is 31.5 Å². The molecular formula is C54H56N6O7S4. The second kappa shape index (κ2) is 25.4. The van der Waals surface area contributed by atoms with Crippen LogP contribution in [0.15, 0.2) is 180 Å². The van der Waals surface area contributed by atoms with Crippen molar-refractivity contribution in [3.63, 3.8) is 0 Å². The first-order valence-corrected chi connectivity index (χ1v) is 27.1. The van der Waals surface area contributed by atoms with Crippen molar-refractivity contribution in [1.29, 1.82) is 0 Å². The number of primary sulfonamides is 1. The summed E-state index contributed by atoms with van der Waals surface area (Å²) in [4.78, 5) is 37.5. The smallest absolute Gasteiger partial charge is 0.347 e. The highest BCUT2D eigenvalue weighted by molar-refractivity contribution is 7.90. The number of nitrogens with zero attached hydrogens (tertiary/aromatic N) is 4. The van der Waals surface area contributed by atoms with Gasteiger partial charge in [-0.1, -0.05) is 146 Å². The average molecular weight is 1030 g/mol. The molecule has 4 N–H and O–H groups in total. The molecule has 0 aliphatic heterocycles. The van der Waals surface area contributed by atoms with Crippen LogP contribution in [0, 0.1) is 13.8 Å². The Kier molecular flexibility index (Phi) is 19.2. The molecule has 2 aromatic heterocycles. The number of amides is 1. The van der Waals surface area contributed by atoms with E-state index in [1.54, 1.807) is 50.2 Å². The molecule has 0 bridgehead atoms. The van der Waals surface area contributed by atoms with Crippen LogP contribution in [0.4, 0.5) is 0 Å². The van der Waals surface area contributed by atoms with Crippen LogP contribution in [0.2, 0.25) is 0 Å². The molecule has 6 aromatic carbocycles. The van der Waals surface area contributed by atoms with Crippen molar-refractivity contribution in [2.45, 2.75) is 49.6 Å². The first-order valence-electron chi connectivity index (χ1n) is 22.5. The maximum atomic E-state index is 12.8. The van der Waals surface area contributed by atoms with Gasteiger partial charge in [0.1, 0.15) is 19.8 Å². The predicted octanol–water partition coefficient (Wildman–Crippen LogP) is 9.74. The first kappa shape index (κ1) is 53.6. The number of aryl methyl sites for hydroxylation is 2. The van der Waals surface area contributed by atoms with E-state index >= 15 is 0 Å². The maximum absolute atomic E-state index is 12.8. The Morgan fingerprint density at radius 3 is 1.28 bits per heavy atom. The van der Waals surface area contributed by atoms with Crippen molar-refractivity contribution in [2.24, 2.45) is 5.14 Å². The minimum Gasteiger partial charge on any atom is -0.477 e. The number of carbonyl (C=O) groups is 2. The van der Waals surface area contributed by atoms with Crippen LogP contribution in [0.5, 0.6) is 0 Å². The number of carboxylic acids is 1. The SMILES string of the molecule is CN(CCc1ccccc1)Cc1ccc(S(N)(=O)=O)cc1.Cc1nc(-c2ccccc2)sc1C(=O)NS(=O)(=O)c1ccc(CN(C)CCc2ccccc2)cc1.Cc1nc(-c2ccccc2)sc1C(=O)O. The molecule has 0 aliphatic carbocycles. The monoisotopic (exact) mass is 1030 g/mol. The predicted molar refractivity (Wildman–Crippen MR) is 283 cm³/mol. The summed E-state index contributed by atoms with van der Waals surface area (Å²) in [6, 6.07) is 53.0. The number of nitrogens with one attached hydrogen (secondary N) is 1. The van der Waals surface area contributed by atoms with Crippen molar-refractivity contribution in [3.05, 3.63) is 213 Å². The number of hydrogen-bond acceptors (Lipinski definition) is 12. The molecule has 13 nitrogen and oxygen atoms in total. The summed E-state index contributed by atoms with van der Waals surface area (Å²) in [5.41, 5.74) is 7.57. The summed E-state index contributed by atoms with van der Waals surface area (Å²) in [5, 5.41) is 15.4. The number of nitrogens with two attached hydrogens (primary N) is 1. The molecule has 71 heavy (non-hydrogen) atoms. The fraction of sp³-hybridized carbons (Fsp3) is 0.185. The highest BCUT2D eigenvalue weighted by atomic mass is 32.2. The van der Waals surface area contributed by atoms with Gasteiger partial charge >= 0.3 is 5.97 Å². The van der Waals surface area contributed by atoms with Gasteiger partial charge in [0, 0.05) is 37.3 Å². The summed E-state index contributed by atoms with van der Waals surface area (Å²) in [7, 11) is -3.52. The molecule has 0 radical (unpaired) electrons. The van der Waals surface area contributed by atoms with E-state index in [4.69, 9.17) is 10.2 Å². The third-order valence-electron chi connectivity index (χ3n) is 10.9. The Bertz CT molecular complexity index is 3190. The fourth-order valence-corrected chi connectivity index (χ4v) is 10.5. The maximum Gasteiger partial charge on any atom is 0.347 e. The number of thiazole rings is 2. The zero-order valence-electron chi connectivity index (χ0n) is 39.8. The Balaban J connectivity index is 0.000000193. The second-order valence-corrected chi connectivity index (χ2v) is 21.9. The van der Waals surface area contributed by atoms with Crippen LogP contribution in [0.3, 0.4) is 0 Å². The van der Waals surface area contributed by atoms with E-state index in [0.29, 0.717) is 27.8 Å². The van der Waals surface area contributed by atoms with Crippen molar-refractivity contribution >= 4 is 54.6 Å². The number of rotatable bonds is 17. The Labute approximate surface area is 424 Å². The quantitative estimate of drug-likeness (QED) is 0.0786. The molecule has 17 heteroatoms. The van der Waals surface area contributed by atoms with E-state index in [1.165, 1.54) is 45.9 Å². The minimum absolute atomic E-state index is 0.0481. The lowest BCUT2D eigenvalue weighted by Crippen LogP contribution is -2.30. The summed E-state index contributed by atoms with van der Waals surface area (Å²) < 4.78 is 50.3. The highest BCUT2D eigenvalue weighted by Crippen LogP contribution is 2.29. The van der Waals surface area contributed by atoms with Crippen LogP contribution in [0.25, 0.3) is 21.1 Å². The van der Waals surface area contributed by atoms with E-state index in [1.807, 2.05) is 104 Å². The third kappa shape index (κ3) is 16.4. The molecule has 0 fully saturated rings. The van der Waals surface area contributed by atoms with Crippen LogP contribution in [-0.4, -0.2) is 80.8 Å². The van der Waals surface area contributed by atoms with E-state index in [2.05, 4.69) is 55.8 Å². The molecule has 0 atom stereocenters. The van der Waals surface area contributed by atoms with Gasteiger partial charge in [-0.25, -0.2) is 41.5 Å². The number of aromatic carboxylic acids is 1.